The van der Waals surface area contributed by atoms with Crippen LogP contribution in [0.1, 0.15) is 31.7 Å². The van der Waals surface area contributed by atoms with Gasteiger partial charge < -0.3 is 10.8 Å². The molecule has 16 heavy (non-hydrogen) atoms. The first kappa shape index (κ1) is 12.7. The zero-order chi connectivity index (χ0) is 12.1. The molecule has 0 aromatic heterocycles. The van der Waals surface area contributed by atoms with Gasteiger partial charge in [-0.25, -0.2) is 0 Å². The highest BCUT2D eigenvalue weighted by atomic mass is 16.4. The molecule has 0 amide bonds. The van der Waals surface area contributed by atoms with Crippen LogP contribution in [0.25, 0.3) is 0 Å². The first-order valence-electron chi connectivity index (χ1n) is 5.54. The van der Waals surface area contributed by atoms with Gasteiger partial charge in [0.2, 0.25) is 0 Å². The van der Waals surface area contributed by atoms with E-state index in [-0.39, 0.29) is 24.3 Å². The molecule has 3 heteroatoms. The van der Waals surface area contributed by atoms with Crippen molar-refractivity contribution in [1.29, 1.82) is 0 Å². The summed E-state index contributed by atoms with van der Waals surface area (Å²) in [5.74, 6) is -0.645. The number of hydrogen-bond donors (Lipinski definition) is 2. The summed E-state index contributed by atoms with van der Waals surface area (Å²) in [6.45, 7) is 4.03. The average molecular weight is 221 g/mol. The van der Waals surface area contributed by atoms with Crippen molar-refractivity contribution < 1.29 is 9.90 Å². The Kier molecular flexibility index (Phi) is 4.50. The molecule has 0 saturated carbocycles. The molecule has 0 aliphatic rings. The summed E-state index contributed by atoms with van der Waals surface area (Å²) in [4.78, 5) is 10.9. The normalized spacial score (nSPS) is 14.8. The van der Waals surface area contributed by atoms with Crippen LogP contribution in [-0.4, -0.2) is 17.1 Å². The van der Waals surface area contributed by atoms with E-state index in [0.29, 0.717) is 0 Å². The molecule has 0 fully saturated rings. The Morgan fingerprint density at radius 3 is 2.31 bits per heavy atom. The number of carboxylic acid groups (broad SMARTS) is 1. The number of rotatable bonds is 5. The van der Waals surface area contributed by atoms with Crippen LogP contribution >= 0.6 is 0 Å². The summed E-state index contributed by atoms with van der Waals surface area (Å²) in [7, 11) is 0. The van der Waals surface area contributed by atoms with Crippen LogP contribution in [-0.2, 0) is 4.79 Å². The lowest BCUT2D eigenvalue weighted by Crippen LogP contribution is -2.34. The van der Waals surface area contributed by atoms with E-state index in [4.69, 9.17) is 10.8 Å². The number of carboxylic acids is 1. The molecule has 88 valence electrons. The maximum Gasteiger partial charge on any atom is 0.304 e. The standard InChI is InChI=1S/C13H19NO2/c1-9(2)13(14)11(8-12(15)16)10-6-4-3-5-7-10/h3-7,9,11,13H,8,14H2,1-2H3,(H,15,16). The summed E-state index contributed by atoms with van der Waals surface area (Å²) >= 11 is 0. The predicted molar refractivity (Wildman–Crippen MR) is 64.2 cm³/mol. The Balaban J connectivity index is 2.91. The highest BCUT2D eigenvalue weighted by Gasteiger charge is 2.24. The van der Waals surface area contributed by atoms with E-state index in [1.807, 2.05) is 44.2 Å². The highest BCUT2D eigenvalue weighted by Crippen LogP contribution is 2.26. The third kappa shape index (κ3) is 3.35. The molecule has 0 saturated heterocycles. The van der Waals surface area contributed by atoms with E-state index in [1.54, 1.807) is 0 Å². The number of aliphatic carboxylic acids is 1. The Hall–Kier alpha value is -1.35. The van der Waals surface area contributed by atoms with Crippen LogP contribution in [0.4, 0.5) is 0 Å². The molecular formula is C13H19NO2. The van der Waals surface area contributed by atoms with E-state index >= 15 is 0 Å². The van der Waals surface area contributed by atoms with E-state index in [2.05, 4.69) is 0 Å². The first-order chi connectivity index (χ1) is 7.52. The van der Waals surface area contributed by atoms with Gasteiger partial charge in [-0.15, -0.1) is 0 Å². The zero-order valence-electron chi connectivity index (χ0n) is 9.76. The Morgan fingerprint density at radius 2 is 1.88 bits per heavy atom. The SMILES string of the molecule is CC(C)C(N)C(CC(=O)O)c1ccccc1. The fraction of sp³-hybridized carbons (Fsp3) is 0.462. The molecular weight excluding hydrogens is 202 g/mol. The number of benzene rings is 1. The molecule has 1 aromatic carbocycles. The summed E-state index contributed by atoms with van der Waals surface area (Å²) in [6, 6.07) is 9.50. The maximum atomic E-state index is 10.9. The molecule has 2 unspecified atom stereocenters. The van der Waals surface area contributed by atoms with E-state index < -0.39 is 5.97 Å². The zero-order valence-corrected chi connectivity index (χ0v) is 9.76. The topological polar surface area (TPSA) is 63.3 Å². The molecule has 0 aliphatic heterocycles. The van der Waals surface area contributed by atoms with Crippen LogP contribution in [0.2, 0.25) is 0 Å². The van der Waals surface area contributed by atoms with Crippen LogP contribution in [0, 0.1) is 5.92 Å². The molecule has 0 aliphatic carbocycles. The average Bonchev–Trinajstić information content (AvgIpc) is 2.26. The smallest absolute Gasteiger partial charge is 0.304 e. The van der Waals surface area contributed by atoms with E-state index in [9.17, 15) is 4.79 Å². The Morgan fingerprint density at radius 1 is 1.31 bits per heavy atom. The van der Waals surface area contributed by atoms with Gasteiger partial charge in [-0.2, -0.15) is 0 Å². The van der Waals surface area contributed by atoms with Crippen molar-refractivity contribution in [2.75, 3.05) is 0 Å². The Labute approximate surface area is 96.3 Å². The van der Waals surface area contributed by atoms with Gasteiger partial charge in [0, 0.05) is 12.0 Å². The summed E-state index contributed by atoms with van der Waals surface area (Å²) in [5, 5.41) is 8.92. The van der Waals surface area contributed by atoms with Gasteiger partial charge in [0.25, 0.3) is 0 Å². The minimum atomic E-state index is -0.801. The van der Waals surface area contributed by atoms with Crippen molar-refractivity contribution >= 4 is 5.97 Å². The third-order valence-corrected chi connectivity index (χ3v) is 2.86. The van der Waals surface area contributed by atoms with Gasteiger partial charge >= 0.3 is 5.97 Å². The predicted octanol–water partition coefficient (Wildman–Crippen LogP) is 2.23. The molecule has 1 rings (SSSR count). The molecule has 0 heterocycles. The monoisotopic (exact) mass is 221 g/mol. The molecule has 1 aromatic rings. The molecule has 2 atom stereocenters. The van der Waals surface area contributed by atoms with E-state index in [0.717, 1.165) is 5.56 Å². The van der Waals surface area contributed by atoms with Crippen molar-refractivity contribution in [1.82, 2.24) is 0 Å². The second-order valence-corrected chi connectivity index (χ2v) is 4.44. The lowest BCUT2D eigenvalue weighted by Gasteiger charge is -2.26. The fourth-order valence-electron chi connectivity index (χ4n) is 1.83. The lowest BCUT2D eigenvalue weighted by atomic mass is 9.83. The number of hydrogen-bond acceptors (Lipinski definition) is 2. The minimum absolute atomic E-state index is 0.0867. The van der Waals surface area contributed by atoms with Gasteiger partial charge in [0.05, 0.1) is 6.42 Å². The van der Waals surface area contributed by atoms with Crippen LogP contribution < -0.4 is 5.73 Å². The number of nitrogens with two attached hydrogens (primary N) is 1. The quantitative estimate of drug-likeness (QED) is 0.801. The van der Waals surface area contributed by atoms with Crippen molar-refractivity contribution in [3.05, 3.63) is 35.9 Å². The van der Waals surface area contributed by atoms with Crippen molar-refractivity contribution in [3.63, 3.8) is 0 Å². The minimum Gasteiger partial charge on any atom is -0.481 e. The van der Waals surface area contributed by atoms with Gasteiger partial charge in [0.15, 0.2) is 0 Å². The fourth-order valence-corrected chi connectivity index (χ4v) is 1.83. The maximum absolute atomic E-state index is 10.9. The Bertz CT molecular complexity index is 335. The summed E-state index contributed by atoms with van der Waals surface area (Å²) in [5.41, 5.74) is 7.08. The van der Waals surface area contributed by atoms with Crippen LogP contribution in [0.5, 0.6) is 0 Å². The van der Waals surface area contributed by atoms with Gasteiger partial charge in [-0.1, -0.05) is 44.2 Å². The largest absolute Gasteiger partial charge is 0.481 e. The van der Waals surface area contributed by atoms with E-state index in [1.165, 1.54) is 0 Å². The van der Waals surface area contributed by atoms with Gasteiger partial charge in [0.1, 0.15) is 0 Å². The van der Waals surface area contributed by atoms with Gasteiger partial charge in [-0.05, 0) is 11.5 Å². The highest BCUT2D eigenvalue weighted by molar-refractivity contribution is 5.68. The van der Waals surface area contributed by atoms with Crippen molar-refractivity contribution in [3.8, 4) is 0 Å². The number of carbonyl (C=O) groups is 1. The molecule has 0 spiro atoms. The summed E-state index contributed by atoms with van der Waals surface area (Å²) in [6.07, 6.45) is 0.0867. The molecule has 0 radical (unpaired) electrons. The lowest BCUT2D eigenvalue weighted by molar-refractivity contribution is -0.137. The molecule has 3 nitrogen and oxygen atoms in total. The third-order valence-electron chi connectivity index (χ3n) is 2.86. The van der Waals surface area contributed by atoms with Crippen LogP contribution in [0.15, 0.2) is 30.3 Å². The van der Waals surface area contributed by atoms with Crippen molar-refractivity contribution in [2.24, 2.45) is 11.7 Å². The molecule has 0 bridgehead atoms. The molecule has 3 N–H and O–H groups in total. The summed E-state index contributed by atoms with van der Waals surface area (Å²) < 4.78 is 0. The van der Waals surface area contributed by atoms with Crippen molar-refractivity contribution in [2.45, 2.75) is 32.2 Å². The van der Waals surface area contributed by atoms with Gasteiger partial charge in [-0.3, -0.25) is 4.79 Å². The first-order valence-corrected chi connectivity index (χ1v) is 5.54. The van der Waals surface area contributed by atoms with Crippen LogP contribution in [0.3, 0.4) is 0 Å². The second kappa shape index (κ2) is 5.66. The second-order valence-electron chi connectivity index (χ2n) is 4.44.